The number of hydrogen-bond donors (Lipinski definition) is 2. The molecule has 1 unspecified atom stereocenters. The van der Waals surface area contributed by atoms with E-state index >= 15 is 0 Å². The largest absolute Gasteiger partial charge is 0.346 e. The Morgan fingerprint density at radius 1 is 1.24 bits per heavy atom. The number of aromatic nitrogens is 2. The maximum absolute atomic E-state index is 12.1. The average Bonchev–Trinajstić information content (AvgIpc) is 2.96. The number of likely N-dealkylation sites (N-methyl/N-ethyl adjacent to an activating group) is 1. The minimum absolute atomic E-state index is 0.0637. The van der Waals surface area contributed by atoms with Gasteiger partial charge in [0, 0.05) is 31.0 Å². The van der Waals surface area contributed by atoms with Crippen LogP contribution in [0.3, 0.4) is 0 Å². The highest BCUT2D eigenvalue weighted by Crippen LogP contribution is 2.17. The second kappa shape index (κ2) is 7.94. The molecule has 1 heterocycles. The Balaban J connectivity index is 1.98. The highest BCUT2D eigenvalue weighted by atomic mass is 16.2. The first-order valence-corrected chi connectivity index (χ1v) is 8.09. The number of carbonyl (C=O) groups excluding carboxylic acids is 2. The number of carbonyl (C=O) groups is 2. The van der Waals surface area contributed by atoms with Gasteiger partial charge in [0.25, 0.3) is 0 Å². The monoisotopic (exact) mass is 343 g/mol. The number of hydrogen-bond acceptors (Lipinski definition) is 4. The molecule has 7 nitrogen and oxygen atoms in total. The zero-order chi connectivity index (χ0) is 18.6. The molecule has 2 N–H and O–H groups in total. The second-order valence-corrected chi connectivity index (χ2v) is 6.41. The summed E-state index contributed by atoms with van der Waals surface area (Å²) in [6, 6.07) is 5.65. The van der Waals surface area contributed by atoms with E-state index in [4.69, 9.17) is 0 Å². The first-order chi connectivity index (χ1) is 11.8. The lowest BCUT2D eigenvalue weighted by atomic mass is 10.1. The van der Waals surface area contributed by atoms with Crippen LogP contribution in [0.25, 0.3) is 0 Å². The van der Waals surface area contributed by atoms with Gasteiger partial charge < -0.3 is 15.5 Å². The Morgan fingerprint density at radius 2 is 1.96 bits per heavy atom. The van der Waals surface area contributed by atoms with Gasteiger partial charge in [-0.1, -0.05) is 12.1 Å². The summed E-state index contributed by atoms with van der Waals surface area (Å²) < 4.78 is 1.71. The van der Waals surface area contributed by atoms with Crippen molar-refractivity contribution in [3.05, 3.63) is 47.3 Å². The van der Waals surface area contributed by atoms with Crippen molar-refractivity contribution in [1.29, 1.82) is 0 Å². The highest BCUT2D eigenvalue weighted by molar-refractivity contribution is 6.39. The van der Waals surface area contributed by atoms with Crippen molar-refractivity contribution in [3.8, 4) is 0 Å². The molecule has 0 saturated carbocycles. The van der Waals surface area contributed by atoms with Gasteiger partial charge in [0.1, 0.15) is 0 Å². The van der Waals surface area contributed by atoms with Gasteiger partial charge in [0.15, 0.2) is 0 Å². The second-order valence-electron chi connectivity index (χ2n) is 6.41. The molecule has 7 heteroatoms. The Kier molecular flexibility index (Phi) is 5.93. The van der Waals surface area contributed by atoms with E-state index in [2.05, 4.69) is 15.7 Å². The lowest BCUT2D eigenvalue weighted by Crippen LogP contribution is -2.40. The normalized spacial score (nSPS) is 12.1. The minimum atomic E-state index is -0.669. The first kappa shape index (κ1) is 18.7. The van der Waals surface area contributed by atoms with E-state index in [1.54, 1.807) is 10.9 Å². The zero-order valence-corrected chi connectivity index (χ0v) is 15.3. The maximum atomic E-state index is 12.1. The molecule has 2 amide bonds. The summed E-state index contributed by atoms with van der Waals surface area (Å²) in [5, 5.41) is 9.52. The molecule has 0 bridgehead atoms. The number of aryl methyl sites for hydroxylation is 3. The van der Waals surface area contributed by atoms with Crippen LogP contribution in [0.4, 0.5) is 5.69 Å². The van der Waals surface area contributed by atoms with Crippen molar-refractivity contribution in [3.63, 3.8) is 0 Å². The lowest BCUT2D eigenvalue weighted by Gasteiger charge is -2.23. The molecular weight excluding hydrogens is 318 g/mol. The zero-order valence-electron chi connectivity index (χ0n) is 15.3. The number of nitrogens with zero attached hydrogens (tertiary/aromatic N) is 3. The number of nitrogens with one attached hydrogen (secondary N) is 2. The van der Waals surface area contributed by atoms with Crippen LogP contribution in [0.15, 0.2) is 30.6 Å². The van der Waals surface area contributed by atoms with Crippen LogP contribution in [-0.4, -0.2) is 47.1 Å². The van der Waals surface area contributed by atoms with Crippen LogP contribution in [0.2, 0.25) is 0 Å². The van der Waals surface area contributed by atoms with Crippen molar-refractivity contribution >= 4 is 17.5 Å². The third-order valence-corrected chi connectivity index (χ3v) is 4.04. The molecule has 1 atom stereocenters. The van der Waals surface area contributed by atoms with Crippen LogP contribution >= 0.6 is 0 Å². The molecule has 0 aliphatic rings. The Bertz CT molecular complexity index is 767. The molecular formula is C18H25N5O2. The summed E-state index contributed by atoms with van der Waals surface area (Å²) >= 11 is 0. The van der Waals surface area contributed by atoms with Crippen molar-refractivity contribution in [2.24, 2.45) is 7.05 Å². The molecule has 0 saturated heterocycles. The van der Waals surface area contributed by atoms with E-state index in [0.29, 0.717) is 12.2 Å². The molecule has 2 aromatic rings. The summed E-state index contributed by atoms with van der Waals surface area (Å²) in [6.07, 6.45) is 3.65. The predicted octanol–water partition coefficient (Wildman–Crippen LogP) is 1.39. The van der Waals surface area contributed by atoms with Crippen LogP contribution < -0.4 is 10.6 Å². The average molecular weight is 343 g/mol. The fourth-order valence-corrected chi connectivity index (χ4v) is 2.53. The molecule has 134 valence electrons. The van der Waals surface area contributed by atoms with Gasteiger partial charge in [0.05, 0.1) is 12.2 Å². The lowest BCUT2D eigenvalue weighted by molar-refractivity contribution is -0.136. The van der Waals surface area contributed by atoms with E-state index in [1.165, 1.54) is 0 Å². The highest BCUT2D eigenvalue weighted by Gasteiger charge is 2.20. The number of rotatable bonds is 5. The minimum Gasteiger partial charge on any atom is -0.346 e. The third kappa shape index (κ3) is 4.90. The number of amides is 2. The molecule has 1 aromatic carbocycles. The van der Waals surface area contributed by atoms with Gasteiger partial charge in [0.2, 0.25) is 0 Å². The first-order valence-electron chi connectivity index (χ1n) is 8.09. The van der Waals surface area contributed by atoms with Crippen LogP contribution in [0.5, 0.6) is 0 Å². The maximum Gasteiger partial charge on any atom is 0.313 e. The Hall–Kier alpha value is -2.67. The van der Waals surface area contributed by atoms with E-state index < -0.39 is 11.8 Å². The predicted molar refractivity (Wildman–Crippen MR) is 97.2 cm³/mol. The fraction of sp³-hybridized carbons (Fsp3) is 0.389. The van der Waals surface area contributed by atoms with Crippen molar-refractivity contribution in [2.75, 3.05) is 26.0 Å². The van der Waals surface area contributed by atoms with Crippen molar-refractivity contribution in [2.45, 2.75) is 19.9 Å². The topological polar surface area (TPSA) is 79.3 Å². The number of anilines is 1. The molecule has 1 aromatic heterocycles. The van der Waals surface area contributed by atoms with Crippen LogP contribution in [0, 0.1) is 13.8 Å². The summed E-state index contributed by atoms with van der Waals surface area (Å²) in [5.74, 6) is -1.32. The molecule has 0 spiro atoms. The van der Waals surface area contributed by atoms with Crippen LogP contribution in [0.1, 0.15) is 22.7 Å². The quantitative estimate of drug-likeness (QED) is 0.804. The van der Waals surface area contributed by atoms with E-state index in [-0.39, 0.29) is 6.04 Å². The van der Waals surface area contributed by atoms with Crippen molar-refractivity contribution < 1.29 is 9.59 Å². The molecule has 0 fully saturated rings. The summed E-state index contributed by atoms with van der Waals surface area (Å²) in [6.45, 7) is 4.14. The van der Waals surface area contributed by atoms with E-state index in [0.717, 1.165) is 16.7 Å². The molecule has 25 heavy (non-hydrogen) atoms. The Labute approximate surface area is 148 Å². The molecule has 2 rings (SSSR count). The number of benzene rings is 1. The van der Waals surface area contributed by atoms with E-state index in [9.17, 15) is 9.59 Å². The fourth-order valence-electron chi connectivity index (χ4n) is 2.53. The van der Waals surface area contributed by atoms with Gasteiger partial charge in [-0.2, -0.15) is 5.10 Å². The van der Waals surface area contributed by atoms with Gasteiger partial charge in [-0.25, -0.2) is 0 Å². The van der Waals surface area contributed by atoms with Gasteiger partial charge >= 0.3 is 11.8 Å². The van der Waals surface area contributed by atoms with Gasteiger partial charge in [-0.15, -0.1) is 0 Å². The third-order valence-electron chi connectivity index (χ3n) is 4.04. The SMILES string of the molecule is Cc1ccc(C)c(NC(=O)C(=O)NCC(c2cnn(C)c2)N(C)C)c1. The molecule has 0 aliphatic carbocycles. The summed E-state index contributed by atoms with van der Waals surface area (Å²) in [4.78, 5) is 26.3. The van der Waals surface area contributed by atoms with Gasteiger partial charge in [-0.05, 0) is 45.1 Å². The van der Waals surface area contributed by atoms with E-state index in [1.807, 2.05) is 64.3 Å². The van der Waals surface area contributed by atoms with Gasteiger partial charge in [-0.3, -0.25) is 14.3 Å². The van der Waals surface area contributed by atoms with Crippen LogP contribution in [-0.2, 0) is 16.6 Å². The Morgan fingerprint density at radius 3 is 2.56 bits per heavy atom. The summed E-state index contributed by atoms with van der Waals surface area (Å²) in [5.41, 5.74) is 3.55. The summed E-state index contributed by atoms with van der Waals surface area (Å²) in [7, 11) is 5.67. The standard InChI is InChI=1S/C18H25N5O2/c1-12-6-7-13(2)15(8-12)21-18(25)17(24)19-10-16(22(3)4)14-9-20-23(5)11-14/h6-9,11,16H,10H2,1-5H3,(H,19,24)(H,21,25). The smallest absolute Gasteiger partial charge is 0.313 e. The molecule has 0 radical (unpaired) electrons. The van der Waals surface area contributed by atoms with Crippen molar-refractivity contribution in [1.82, 2.24) is 20.0 Å². The molecule has 0 aliphatic heterocycles.